The van der Waals surface area contributed by atoms with Crippen molar-refractivity contribution < 1.29 is 4.79 Å². The Morgan fingerprint density at radius 3 is 3.00 bits per heavy atom. The number of halogens is 1. The number of hydrogen-bond donors (Lipinski definition) is 1. The number of fused-ring (bicyclic) bond motifs is 1. The smallest absolute Gasteiger partial charge is 0.267 e. The van der Waals surface area contributed by atoms with Crippen molar-refractivity contribution in [1.29, 1.82) is 0 Å². The van der Waals surface area contributed by atoms with Gasteiger partial charge in [-0.15, -0.1) is 0 Å². The van der Waals surface area contributed by atoms with Crippen molar-refractivity contribution in [3.63, 3.8) is 0 Å². The minimum Gasteiger partial charge on any atom is -0.324 e. The summed E-state index contributed by atoms with van der Waals surface area (Å²) in [4.78, 5) is 24.5. The van der Waals surface area contributed by atoms with Gasteiger partial charge in [-0.25, -0.2) is 4.68 Å². The van der Waals surface area contributed by atoms with Crippen molar-refractivity contribution in [3.05, 3.63) is 56.5 Å². The SMILES string of the molecule is Cc1ccc(Cl)cc1NC(=O)Cn1nc2c(cc1=O)C[C@@H](C)CC2. The summed E-state index contributed by atoms with van der Waals surface area (Å²) in [5.41, 5.74) is 3.26. The first-order valence-corrected chi connectivity index (χ1v) is 8.46. The summed E-state index contributed by atoms with van der Waals surface area (Å²) < 4.78 is 1.24. The van der Waals surface area contributed by atoms with Crippen molar-refractivity contribution >= 4 is 23.2 Å². The van der Waals surface area contributed by atoms with Crippen LogP contribution in [0.4, 0.5) is 5.69 Å². The van der Waals surface area contributed by atoms with Crippen molar-refractivity contribution in [2.75, 3.05) is 5.32 Å². The largest absolute Gasteiger partial charge is 0.324 e. The molecule has 1 aliphatic rings. The van der Waals surface area contributed by atoms with Gasteiger partial charge in [0.2, 0.25) is 5.91 Å². The molecule has 6 heteroatoms. The summed E-state index contributed by atoms with van der Waals surface area (Å²) in [7, 11) is 0. The van der Waals surface area contributed by atoms with Gasteiger partial charge < -0.3 is 5.32 Å². The fraction of sp³-hybridized carbons (Fsp3) is 0.389. The molecule has 0 saturated heterocycles. The molecule has 0 unspecified atom stereocenters. The maximum absolute atomic E-state index is 12.3. The molecule has 0 radical (unpaired) electrons. The number of aryl methyl sites for hydroxylation is 2. The summed E-state index contributed by atoms with van der Waals surface area (Å²) in [5, 5.41) is 7.73. The number of amides is 1. The van der Waals surface area contributed by atoms with Crippen LogP contribution < -0.4 is 10.9 Å². The Kier molecular flexibility index (Phi) is 4.71. The summed E-state index contributed by atoms with van der Waals surface area (Å²) in [6.07, 6.45) is 2.80. The van der Waals surface area contributed by atoms with Crippen LogP contribution in [0.2, 0.25) is 5.02 Å². The zero-order valence-corrected chi connectivity index (χ0v) is 14.6. The third-order valence-corrected chi connectivity index (χ3v) is 4.61. The van der Waals surface area contributed by atoms with Crippen molar-refractivity contribution in [2.24, 2.45) is 5.92 Å². The van der Waals surface area contributed by atoms with E-state index in [4.69, 9.17) is 11.6 Å². The van der Waals surface area contributed by atoms with E-state index in [2.05, 4.69) is 17.3 Å². The Bertz CT molecular complexity index is 845. The molecule has 0 spiro atoms. The van der Waals surface area contributed by atoms with Crippen LogP contribution >= 0.6 is 11.6 Å². The topological polar surface area (TPSA) is 64.0 Å². The number of anilines is 1. The molecule has 3 rings (SSSR count). The van der Waals surface area contributed by atoms with Crippen LogP contribution in [0, 0.1) is 12.8 Å². The Balaban J connectivity index is 1.77. The molecule has 1 amide bonds. The molecular weight excluding hydrogens is 326 g/mol. The lowest BCUT2D eigenvalue weighted by Crippen LogP contribution is -2.32. The van der Waals surface area contributed by atoms with Crippen LogP contribution in [-0.4, -0.2) is 15.7 Å². The van der Waals surface area contributed by atoms with E-state index in [0.717, 1.165) is 36.1 Å². The van der Waals surface area contributed by atoms with Crippen LogP contribution in [0.25, 0.3) is 0 Å². The van der Waals surface area contributed by atoms with E-state index in [-0.39, 0.29) is 18.0 Å². The second kappa shape index (κ2) is 6.77. The number of rotatable bonds is 3. The second-order valence-electron chi connectivity index (χ2n) is 6.47. The standard InChI is InChI=1S/C18H20ClN3O2/c1-11-3-6-15-13(7-11)8-18(24)22(21-15)10-17(23)20-16-9-14(19)5-4-12(16)2/h4-5,8-9,11H,3,6-7,10H2,1-2H3,(H,20,23)/t11-/m0/s1. The van der Waals surface area contributed by atoms with Gasteiger partial charge in [0.1, 0.15) is 6.54 Å². The lowest BCUT2D eigenvalue weighted by atomic mass is 9.88. The van der Waals surface area contributed by atoms with Gasteiger partial charge in [0.25, 0.3) is 5.56 Å². The monoisotopic (exact) mass is 345 g/mol. The van der Waals surface area contributed by atoms with Gasteiger partial charge in [0.15, 0.2) is 0 Å². The van der Waals surface area contributed by atoms with E-state index in [1.165, 1.54) is 4.68 Å². The number of carbonyl (C=O) groups is 1. The first-order chi connectivity index (χ1) is 11.4. The normalized spacial score (nSPS) is 16.5. The third kappa shape index (κ3) is 3.67. The highest BCUT2D eigenvalue weighted by atomic mass is 35.5. The van der Waals surface area contributed by atoms with Gasteiger partial charge in [-0.3, -0.25) is 9.59 Å². The first kappa shape index (κ1) is 16.7. The lowest BCUT2D eigenvalue weighted by molar-refractivity contribution is -0.117. The van der Waals surface area contributed by atoms with Crippen LogP contribution in [0.15, 0.2) is 29.1 Å². The third-order valence-electron chi connectivity index (χ3n) is 4.37. The van der Waals surface area contributed by atoms with Gasteiger partial charge in [0.05, 0.1) is 5.69 Å². The van der Waals surface area contributed by atoms with Crippen LogP contribution in [-0.2, 0) is 24.2 Å². The number of aromatic nitrogens is 2. The molecule has 126 valence electrons. The maximum Gasteiger partial charge on any atom is 0.267 e. The molecule has 1 heterocycles. The van der Waals surface area contributed by atoms with Gasteiger partial charge >= 0.3 is 0 Å². The molecule has 1 aliphatic carbocycles. The minimum absolute atomic E-state index is 0.104. The average molecular weight is 346 g/mol. The Hall–Kier alpha value is -2.14. The summed E-state index contributed by atoms with van der Waals surface area (Å²) >= 11 is 5.96. The molecule has 1 aromatic carbocycles. The van der Waals surface area contributed by atoms with Crippen molar-refractivity contribution in [3.8, 4) is 0 Å². The van der Waals surface area contributed by atoms with Crippen molar-refractivity contribution in [1.82, 2.24) is 9.78 Å². The average Bonchev–Trinajstić information content (AvgIpc) is 2.52. The highest BCUT2D eigenvalue weighted by Gasteiger charge is 2.19. The second-order valence-corrected chi connectivity index (χ2v) is 6.90. The number of benzene rings is 1. The molecule has 1 aromatic heterocycles. The van der Waals surface area contributed by atoms with Crippen LogP contribution in [0.1, 0.15) is 30.2 Å². The van der Waals surface area contributed by atoms with Crippen molar-refractivity contribution in [2.45, 2.75) is 39.7 Å². The highest BCUT2D eigenvalue weighted by molar-refractivity contribution is 6.31. The van der Waals surface area contributed by atoms with Crippen LogP contribution in [0.3, 0.4) is 0 Å². The Morgan fingerprint density at radius 1 is 1.42 bits per heavy atom. The van der Waals surface area contributed by atoms with Crippen LogP contribution in [0.5, 0.6) is 0 Å². The van der Waals surface area contributed by atoms with Gasteiger partial charge in [-0.05, 0) is 55.4 Å². The molecule has 0 bridgehead atoms. The predicted octanol–water partition coefficient (Wildman–Crippen LogP) is 2.97. The lowest BCUT2D eigenvalue weighted by Gasteiger charge is -2.20. The molecule has 24 heavy (non-hydrogen) atoms. The Morgan fingerprint density at radius 2 is 2.21 bits per heavy atom. The van der Waals surface area contributed by atoms with Gasteiger partial charge in [0, 0.05) is 16.8 Å². The number of hydrogen-bond acceptors (Lipinski definition) is 3. The summed E-state index contributed by atoms with van der Waals surface area (Å²) in [6.45, 7) is 3.96. The van der Waals surface area contributed by atoms with E-state index >= 15 is 0 Å². The fourth-order valence-corrected chi connectivity index (χ4v) is 3.15. The van der Waals surface area contributed by atoms with E-state index < -0.39 is 0 Å². The van der Waals surface area contributed by atoms with E-state index in [0.29, 0.717) is 16.6 Å². The molecule has 0 saturated carbocycles. The molecular formula is C18H20ClN3O2. The first-order valence-electron chi connectivity index (χ1n) is 8.08. The maximum atomic E-state index is 12.3. The van der Waals surface area contributed by atoms with E-state index in [9.17, 15) is 9.59 Å². The molecule has 0 aliphatic heterocycles. The molecule has 1 N–H and O–H groups in total. The minimum atomic E-state index is -0.293. The van der Waals surface area contributed by atoms with Gasteiger partial charge in [-0.1, -0.05) is 24.6 Å². The van der Waals surface area contributed by atoms with Gasteiger partial charge in [-0.2, -0.15) is 5.10 Å². The zero-order valence-electron chi connectivity index (χ0n) is 13.8. The summed E-state index contributed by atoms with van der Waals surface area (Å²) in [5.74, 6) is 0.280. The van der Waals surface area contributed by atoms with E-state index in [1.54, 1.807) is 18.2 Å². The highest BCUT2D eigenvalue weighted by Crippen LogP contribution is 2.22. The summed E-state index contributed by atoms with van der Waals surface area (Å²) in [6, 6.07) is 6.92. The molecule has 2 aromatic rings. The zero-order chi connectivity index (χ0) is 17.3. The number of nitrogens with one attached hydrogen (secondary N) is 1. The number of nitrogens with zero attached hydrogens (tertiary/aromatic N) is 2. The fourth-order valence-electron chi connectivity index (χ4n) is 2.98. The number of carbonyl (C=O) groups excluding carboxylic acids is 1. The Labute approximate surface area is 145 Å². The quantitative estimate of drug-likeness (QED) is 0.930. The molecule has 0 fully saturated rings. The predicted molar refractivity (Wildman–Crippen MR) is 94.5 cm³/mol. The molecule has 5 nitrogen and oxygen atoms in total. The molecule has 1 atom stereocenters. The van der Waals surface area contributed by atoms with E-state index in [1.807, 2.05) is 13.0 Å².